The highest BCUT2D eigenvalue weighted by Gasteiger charge is 2.20. The molecule has 5 heterocycles. The Balaban J connectivity index is 0.982. The van der Waals surface area contributed by atoms with Crippen LogP contribution in [0.4, 0.5) is 0 Å². The maximum absolute atomic E-state index is 5.79. The van der Waals surface area contributed by atoms with Gasteiger partial charge in [0, 0.05) is 44.3 Å². The van der Waals surface area contributed by atoms with E-state index in [0.717, 1.165) is 92.8 Å². The van der Waals surface area contributed by atoms with Crippen molar-refractivity contribution in [1.82, 2.24) is 19.9 Å². The van der Waals surface area contributed by atoms with Crippen LogP contribution in [0.3, 0.4) is 0 Å². The minimum atomic E-state index is 0.971. The van der Waals surface area contributed by atoms with Crippen LogP contribution in [-0.4, -0.2) is 19.9 Å². The van der Waals surface area contributed by atoms with Crippen molar-refractivity contribution in [3.63, 3.8) is 0 Å². The van der Waals surface area contributed by atoms with Crippen LogP contribution < -0.4 is 0 Å². The zero-order valence-electron chi connectivity index (χ0n) is 72.2. The lowest BCUT2D eigenvalue weighted by Gasteiger charge is -2.09. The fourth-order valence-corrected chi connectivity index (χ4v) is 17.9. The Kier molecular flexibility index (Phi) is 44.6. The number of aromatic amines is 2. The predicted molar refractivity (Wildman–Crippen MR) is 497 cm³/mol. The van der Waals surface area contributed by atoms with Gasteiger partial charge < -0.3 is 9.97 Å². The number of benzene rings is 4. The first-order valence-corrected chi connectivity index (χ1v) is 48.1. The molecule has 0 fully saturated rings. The Labute approximate surface area is 685 Å². The molecule has 610 valence electrons. The summed E-state index contributed by atoms with van der Waals surface area (Å²) >= 11 is 0. The van der Waals surface area contributed by atoms with Crippen LogP contribution in [0.25, 0.3) is 90.9 Å². The highest BCUT2D eigenvalue weighted by atomic mass is 14.8. The lowest BCUT2D eigenvalue weighted by Crippen LogP contribution is -1.92. The van der Waals surface area contributed by atoms with Gasteiger partial charge in [-0.15, -0.1) is 0 Å². The van der Waals surface area contributed by atoms with Gasteiger partial charge in [-0.2, -0.15) is 0 Å². The van der Waals surface area contributed by atoms with Crippen molar-refractivity contribution in [3.05, 3.63) is 166 Å². The molecule has 4 heteroatoms. The van der Waals surface area contributed by atoms with Crippen molar-refractivity contribution in [2.45, 2.75) is 413 Å². The normalized spacial score (nSPS) is 12.0. The maximum Gasteiger partial charge on any atom is 0.0737 e. The van der Waals surface area contributed by atoms with Gasteiger partial charge in [0.05, 0.1) is 22.8 Å². The second-order valence-corrected chi connectivity index (χ2v) is 34.7. The van der Waals surface area contributed by atoms with Crippen LogP contribution in [0.2, 0.25) is 0 Å². The molecule has 0 unspecified atom stereocenters. The first kappa shape index (κ1) is 89.4. The number of hydrogen-bond acceptors (Lipinski definition) is 2. The molecule has 0 atom stereocenters. The van der Waals surface area contributed by atoms with E-state index >= 15 is 0 Å². The van der Waals surface area contributed by atoms with Crippen molar-refractivity contribution < 1.29 is 0 Å². The van der Waals surface area contributed by atoms with E-state index in [4.69, 9.17) is 9.97 Å². The van der Waals surface area contributed by atoms with E-state index in [0.29, 0.717) is 0 Å². The van der Waals surface area contributed by atoms with Gasteiger partial charge in [0.15, 0.2) is 0 Å². The molecular weight excluding hydrogens is 1350 g/mol. The molecule has 0 aliphatic carbocycles. The first-order valence-electron chi connectivity index (χ1n) is 48.1. The molecule has 0 saturated carbocycles. The lowest BCUT2D eigenvalue weighted by molar-refractivity contribution is 0.535. The Hall–Kier alpha value is -6.52. The highest BCUT2D eigenvalue weighted by molar-refractivity contribution is 6.00. The van der Waals surface area contributed by atoms with E-state index < -0.39 is 0 Å². The van der Waals surface area contributed by atoms with Gasteiger partial charge in [-0.1, -0.05) is 459 Å². The van der Waals surface area contributed by atoms with Gasteiger partial charge in [-0.3, -0.25) is 0 Å². The molecule has 2 N–H and O–H groups in total. The fourth-order valence-electron chi connectivity index (χ4n) is 17.9. The van der Waals surface area contributed by atoms with Crippen molar-refractivity contribution in [2.75, 3.05) is 0 Å². The number of rotatable bonds is 64. The average Bonchev–Trinajstić information content (AvgIpc) is 1.61. The van der Waals surface area contributed by atoms with Crippen LogP contribution in [0.1, 0.15) is 432 Å². The molecule has 9 rings (SSSR count). The minimum Gasteiger partial charge on any atom is -0.354 e. The number of aryl methyl sites for hydroxylation is 4. The van der Waals surface area contributed by atoms with Gasteiger partial charge >= 0.3 is 0 Å². The summed E-state index contributed by atoms with van der Waals surface area (Å²) in [4.78, 5) is 19.8. The standard InChI is InChI=1S/C108H158N4/c1-5-9-13-17-21-25-29-33-37-41-45-49-53-57-61-89-65-73-93(74-66-89)105-97-81-83-99(109-97)106(94-75-67-90(68-76-94)62-58-54-50-46-42-38-34-30-26-22-18-14-10-6-2)101-85-87-103(111-101)108(96-79-71-92(72-80-96)64-60-56-52-48-44-40-36-32-28-24-20-16-12-8-4)104-88-86-102(112-104)107(100-84-82-98(105)110-100)95-77-69-91(70-78-95)63-59-55-51-47-43-39-35-31-27-23-19-15-11-7-3/h65-88,109,112H,5-64H2,1-4H3. The molecular formula is C108H158N4. The molecule has 0 amide bonds. The number of fused-ring (bicyclic) bond motifs is 8. The number of aromatic nitrogens is 4. The molecule has 2 aliphatic heterocycles. The Morgan fingerprint density at radius 3 is 0.464 bits per heavy atom. The fraction of sp³-hybridized carbons (Fsp3) is 0.593. The average molecular weight is 1510 g/mol. The topological polar surface area (TPSA) is 57.4 Å². The third kappa shape index (κ3) is 33.0. The zero-order valence-corrected chi connectivity index (χ0v) is 72.2. The molecule has 0 saturated heterocycles. The Bertz CT molecular complexity index is 3340. The number of nitrogens with one attached hydrogen (secondary N) is 2. The largest absolute Gasteiger partial charge is 0.354 e. The van der Waals surface area contributed by atoms with Crippen molar-refractivity contribution in [1.29, 1.82) is 0 Å². The van der Waals surface area contributed by atoms with E-state index in [-0.39, 0.29) is 0 Å². The van der Waals surface area contributed by atoms with E-state index in [1.54, 1.807) is 0 Å². The van der Waals surface area contributed by atoms with E-state index in [9.17, 15) is 0 Å². The Morgan fingerprint density at radius 2 is 0.312 bits per heavy atom. The summed E-state index contributed by atoms with van der Waals surface area (Å²) in [6.07, 6.45) is 91.0. The van der Waals surface area contributed by atoms with Crippen molar-refractivity contribution in [3.8, 4) is 44.5 Å². The third-order valence-corrected chi connectivity index (χ3v) is 25.0. The van der Waals surface area contributed by atoms with Crippen LogP contribution in [0.5, 0.6) is 0 Å². The van der Waals surface area contributed by atoms with E-state index in [1.807, 2.05) is 0 Å². The Morgan fingerprint density at radius 1 is 0.170 bits per heavy atom. The highest BCUT2D eigenvalue weighted by Crippen LogP contribution is 2.40. The third-order valence-electron chi connectivity index (χ3n) is 25.0. The molecule has 0 radical (unpaired) electrons. The molecule has 4 nitrogen and oxygen atoms in total. The number of unbranched alkanes of at least 4 members (excludes halogenated alkanes) is 52. The summed E-state index contributed by atoms with van der Waals surface area (Å²) in [5.41, 5.74) is 22.9. The smallest absolute Gasteiger partial charge is 0.0737 e. The van der Waals surface area contributed by atoms with Crippen LogP contribution in [0.15, 0.2) is 121 Å². The summed E-state index contributed by atoms with van der Waals surface area (Å²) in [7, 11) is 0. The quantitative estimate of drug-likeness (QED) is 0.0373. The first-order chi connectivity index (χ1) is 55.5. The van der Waals surface area contributed by atoms with E-state index in [1.165, 1.54) is 404 Å². The van der Waals surface area contributed by atoms with Crippen LogP contribution in [-0.2, 0) is 25.7 Å². The minimum absolute atomic E-state index is 0.971. The molecule has 3 aromatic heterocycles. The molecule has 2 aliphatic rings. The zero-order chi connectivity index (χ0) is 77.8. The number of H-pyrrole nitrogens is 2. The second-order valence-electron chi connectivity index (χ2n) is 34.7. The second kappa shape index (κ2) is 55.9. The van der Waals surface area contributed by atoms with Gasteiger partial charge in [0.25, 0.3) is 0 Å². The van der Waals surface area contributed by atoms with Crippen molar-refractivity contribution in [2.24, 2.45) is 0 Å². The summed E-state index contributed by atoms with van der Waals surface area (Å²) < 4.78 is 0. The van der Waals surface area contributed by atoms with Gasteiger partial charge in [-0.05, 0) is 144 Å². The molecule has 4 aromatic carbocycles. The van der Waals surface area contributed by atoms with Crippen LogP contribution in [0, 0.1) is 0 Å². The molecule has 0 spiro atoms. The van der Waals surface area contributed by atoms with Gasteiger partial charge in [0.1, 0.15) is 0 Å². The monoisotopic (exact) mass is 1510 g/mol. The number of hydrogen-bond donors (Lipinski definition) is 2. The SMILES string of the molecule is CCCCCCCCCCCCCCCCc1ccc(-c2c3nc(c(-c4ccc(CCCCCCCCCCCCCCCC)cc4)c4ccc([nH]4)c(-c4ccc(CCCCCCCCCCCCCCCC)cc4)c4nc(c(-c5ccc(CCCCCCCCCCCCCCCC)cc5)c5ccc2[nH]5)C=C4)C=C3)cc1. The summed E-state index contributed by atoms with van der Waals surface area (Å²) in [6, 6.07) is 47.4. The van der Waals surface area contributed by atoms with Gasteiger partial charge in [0.2, 0.25) is 0 Å². The number of nitrogens with zero attached hydrogens (tertiary/aromatic N) is 2. The van der Waals surface area contributed by atoms with E-state index in [2.05, 4.69) is 183 Å². The molecule has 112 heavy (non-hydrogen) atoms. The maximum atomic E-state index is 5.79. The van der Waals surface area contributed by atoms with Gasteiger partial charge in [-0.25, -0.2) is 9.97 Å². The summed E-state index contributed by atoms with van der Waals surface area (Å²) in [6.45, 7) is 9.26. The summed E-state index contributed by atoms with van der Waals surface area (Å²) in [5.74, 6) is 0. The lowest BCUT2D eigenvalue weighted by atomic mass is 9.99. The molecule has 7 aromatic rings. The summed E-state index contributed by atoms with van der Waals surface area (Å²) in [5, 5.41) is 0. The van der Waals surface area contributed by atoms with Crippen LogP contribution >= 0.6 is 0 Å². The predicted octanol–water partition coefficient (Wildman–Crippen LogP) is 35.4. The molecule has 8 bridgehead atoms. The van der Waals surface area contributed by atoms with Crippen molar-refractivity contribution >= 4 is 46.4 Å².